The quantitative estimate of drug-likeness (QED) is 0.667. The monoisotopic (exact) mass is 327 g/mol. The van der Waals surface area contributed by atoms with E-state index in [1.54, 1.807) is 7.11 Å². The zero-order valence-corrected chi connectivity index (χ0v) is 14.9. The van der Waals surface area contributed by atoms with E-state index in [0.717, 1.165) is 22.5 Å². The summed E-state index contributed by atoms with van der Waals surface area (Å²) < 4.78 is 13.4. The fraction of sp³-hybridized carbons (Fsp3) is 0.294. The van der Waals surface area contributed by atoms with Gasteiger partial charge in [-0.25, -0.2) is 4.68 Å². The second-order valence-corrected chi connectivity index (χ2v) is 11.8. The minimum Gasteiger partial charge on any atom is -0.497 e. The maximum atomic E-state index is 6.30. The summed E-state index contributed by atoms with van der Waals surface area (Å²) >= 11 is 0. The van der Waals surface area contributed by atoms with Gasteiger partial charge in [-0.3, -0.25) is 0 Å². The zero-order valence-electron chi connectivity index (χ0n) is 13.9. The van der Waals surface area contributed by atoms with E-state index < -0.39 is 8.07 Å². The van der Waals surface area contributed by atoms with Crippen LogP contribution in [0.15, 0.2) is 48.5 Å². The number of benzene rings is 2. The number of nitrogens with zero attached hydrogens (tertiary/aromatic N) is 3. The molecule has 1 atom stereocenters. The third-order valence-corrected chi connectivity index (χ3v) is 5.49. The van der Waals surface area contributed by atoms with Crippen molar-refractivity contribution in [2.24, 2.45) is 0 Å². The lowest BCUT2D eigenvalue weighted by Gasteiger charge is -2.29. The number of fused-ring (bicyclic) bond motifs is 1. The van der Waals surface area contributed by atoms with Crippen LogP contribution in [0.2, 0.25) is 19.6 Å². The summed E-state index contributed by atoms with van der Waals surface area (Å²) in [4.78, 5) is 0. The Morgan fingerprint density at radius 2 is 1.61 bits per heavy atom. The maximum Gasteiger partial charge on any atom is 0.175 e. The molecular formula is C17H21N3O2Si. The molecule has 0 radical (unpaired) electrons. The number of hydrogen-bond acceptors (Lipinski definition) is 4. The number of aromatic nitrogens is 3. The molecular weight excluding hydrogens is 306 g/mol. The van der Waals surface area contributed by atoms with Gasteiger partial charge in [-0.2, -0.15) is 0 Å². The van der Waals surface area contributed by atoms with Crippen LogP contribution in [0.5, 0.6) is 11.5 Å². The average Bonchev–Trinajstić information content (AvgIpc) is 2.96. The lowest BCUT2D eigenvalue weighted by molar-refractivity contribution is 0.191. The van der Waals surface area contributed by atoms with Gasteiger partial charge in [0.15, 0.2) is 5.85 Å². The number of rotatable bonds is 5. The van der Waals surface area contributed by atoms with E-state index in [1.165, 1.54) is 0 Å². The Hall–Kier alpha value is -2.34. The molecule has 0 aliphatic carbocycles. The van der Waals surface area contributed by atoms with Gasteiger partial charge in [0.05, 0.1) is 12.6 Å². The van der Waals surface area contributed by atoms with Crippen LogP contribution in [0.1, 0.15) is 5.85 Å². The highest BCUT2D eigenvalue weighted by Crippen LogP contribution is 2.28. The van der Waals surface area contributed by atoms with Crippen molar-refractivity contribution in [1.29, 1.82) is 0 Å². The van der Waals surface area contributed by atoms with Crippen molar-refractivity contribution in [2.75, 3.05) is 7.11 Å². The second kappa shape index (κ2) is 6.04. The Morgan fingerprint density at radius 1 is 0.957 bits per heavy atom. The topological polar surface area (TPSA) is 49.2 Å². The van der Waals surface area contributed by atoms with Crippen LogP contribution in [0.25, 0.3) is 11.0 Å². The van der Waals surface area contributed by atoms with Crippen LogP contribution in [0.3, 0.4) is 0 Å². The van der Waals surface area contributed by atoms with Gasteiger partial charge in [-0.05, 0) is 36.4 Å². The molecule has 0 N–H and O–H groups in total. The Labute approximate surface area is 136 Å². The van der Waals surface area contributed by atoms with Gasteiger partial charge in [0.1, 0.15) is 25.1 Å². The Balaban J connectivity index is 1.98. The molecule has 0 bridgehead atoms. The zero-order chi connectivity index (χ0) is 16.4. The summed E-state index contributed by atoms with van der Waals surface area (Å²) in [7, 11) is -0.0511. The number of methoxy groups -OCH3 is 1. The van der Waals surface area contributed by atoms with Crippen molar-refractivity contribution >= 4 is 19.1 Å². The van der Waals surface area contributed by atoms with Crippen molar-refractivity contribution in [3.8, 4) is 11.5 Å². The Bertz CT molecular complexity index is 793. The summed E-state index contributed by atoms with van der Waals surface area (Å²) in [5.74, 6) is 1.48. The first-order chi connectivity index (χ1) is 11.0. The summed E-state index contributed by atoms with van der Waals surface area (Å²) in [6.45, 7) is 6.78. The SMILES string of the molecule is COc1ccc(OC(n2nnc3ccccc32)[Si](C)(C)C)cc1. The molecule has 1 heterocycles. The average molecular weight is 327 g/mol. The van der Waals surface area contributed by atoms with E-state index in [9.17, 15) is 0 Å². The van der Waals surface area contributed by atoms with Gasteiger partial charge in [0.2, 0.25) is 0 Å². The van der Waals surface area contributed by atoms with E-state index in [2.05, 4.69) is 30.0 Å². The Morgan fingerprint density at radius 3 is 2.26 bits per heavy atom. The highest BCUT2D eigenvalue weighted by Gasteiger charge is 2.32. The molecule has 3 rings (SSSR count). The third-order valence-electron chi connectivity index (χ3n) is 3.65. The standard InChI is InChI=1S/C17H21N3O2Si/c1-21-13-9-11-14(12-10-13)22-17(23(2,3)4)20-16-8-6-5-7-15(16)18-19-20/h5-12,17H,1-4H3. The van der Waals surface area contributed by atoms with Gasteiger partial charge in [0, 0.05) is 0 Å². The van der Waals surface area contributed by atoms with Crippen molar-refractivity contribution in [3.63, 3.8) is 0 Å². The fourth-order valence-electron chi connectivity index (χ4n) is 2.44. The van der Waals surface area contributed by atoms with E-state index in [4.69, 9.17) is 9.47 Å². The molecule has 2 aromatic carbocycles. The lowest BCUT2D eigenvalue weighted by atomic mass is 10.3. The van der Waals surface area contributed by atoms with E-state index in [1.807, 2.05) is 53.2 Å². The van der Waals surface area contributed by atoms with Crippen LogP contribution in [0, 0.1) is 0 Å². The minimum absolute atomic E-state index is 0.136. The first-order valence-corrected chi connectivity index (χ1v) is 11.2. The van der Waals surface area contributed by atoms with Crippen LogP contribution < -0.4 is 9.47 Å². The molecule has 0 amide bonds. The van der Waals surface area contributed by atoms with Crippen molar-refractivity contribution in [3.05, 3.63) is 48.5 Å². The van der Waals surface area contributed by atoms with Crippen LogP contribution >= 0.6 is 0 Å². The van der Waals surface area contributed by atoms with Crippen LogP contribution in [-0.2, 0) is 0 Å². The predicted molar refractivity (Wildman–Crippen MR) is 93.5 cm³/mol. The van der Waals surface area contributed by atoms with Gasteiger partial charge in [-0.15, -0.1) is 5.10 Å². The molecule has 3 aromatic rings. The molecule has 1 aromatic heterocycles. The molecule has 0 aliphatic rings. The molecule has 0 fully saturated rings. The fourth-order valence-corrected chi connectivity index (χ4v) is 3.85. The molecule has 1 unspecified atom stereocenters. The number of ether oxygens (including phenoxy) is 2. The van der Waals surface area contributed by atoms with Gasteiger partial charge in [-0.1, -0.05) is 37.0 Å². The minimum atomic E-state index is -1.71. The third kappa shape index (κ3) is 3.22. The molecule has 6 heteroatoms. The van der Waals surface area contributed by atoms with E-state index in [0.29, 0.717) is 0 Å². The van der Waals surface area contributed by atoms with Crippen molar-refractivity contribution in [2.45, 2.75) is 25.5 Å². The molecule has 120 valence electrons. The van der Waals surface area contributed by atoms with Gasteiger partial charge in [0.25, 0.3) is 0 Å². The van der Waals surface area contributed by atoms with Gasteiger partial charge >= 0.3 is 0 Å². The normalized spacial score (nSPS) is 13.0. The first kappa shape index (κ1) is 15.5. The smallest absolute Gasteiger partial charge is 0.175 e. The molecule has 0 saturated heterocycles. The van der Waals surface area contributed by atoms with Crippen molar-refractivity contribution < 1.29 is 9.47 Å². The molecule has 23 heavy (non-hydrogen) atoms. The highest BCUT2D eigenvalue weighted by molar-refractivity contribution is 6.76. The summed E-state index contributed by atoms with van der Waals surface area (Å²) in [5.41, 5.74) is 1.88. The number of para-hydroxylation sites is 1. The number of hydrogen-bond donors (Lipinski definition) is 0. The molecule has 0 spiro atoms. The molecule has 5 nitrogen and oxygen atoms in total. The maximum absolute atomic E-state index is 6.30. The second-order valence-electron chi connectivity index (χ2n) is 6.53. The van der Waals surface area contributed by atoms with E-state index in [-0.39, 0.29) is 5.85 Å². The van der Waals surface area contributed by atoms with E-state index >= 15 is 0 Å². The largest absolute Gasteiger partial charge is 0.497 e. The van der Waals surface area contributed by atoms with Crippen molar-refractivity contribution in [1.82, 2.24) is 15.0 Å². The van der Waals surface area contributed by atoms with Gasteiger partial charge < -0.3 is 9.47 Å². The lowest BCUT2D eigenvalue weighted by Crippen LogP contribution is -2.39. The summed E-state index contributed by atoms with van der Waals surface area (Å²) in [5, 5.41) is 8.60. The first-order valence-electron chi connectivity index (χ1n) is 7.60. The molecule has 0 aliphatic heterocycles. The molecule has 0 saturated carbocycles. The highest BCUT2D eigenvalue weighted by atomic mass is 28.3. The summed E-state index contributed by atoms with van der Waals surface area (Å²) in [6.07, 6.45) is 0. The van der Waals surface area contributed by atoms with Crippen LogP contribution in [-0.4, -0.2) is 30.2 Å². The summed E-state index contributed by atoms with van der Waals surface area (Å²) in [6, 6.07) is 15.6. The Kier molecular flexibility index (Phi) is 4.08. The predicted octanol–water partition coefficient (Wildman–Crippen LogP) is 3.89. The van der Waals surface area contributed by atoms with Crippen LogP contribution in [0.4, 0.5) is 0 Å².